The third-order valence-corrected chi connectivity index (χ3v) is 2.65. The lowest BCUT2D eigenvalue weighted by Crippen LogP contribution is -2.19. The minimum absolute atomic E-state index is 0.234. The predicted molar refractivity (Wildman–Crippen MR) is 68.2 cm³/mol. The molecule has 1 heterocycles. The zero-order chi connectivity index (χ0) is 12.7. The number of rotatable bonds is 6. The van der Waals surface area contributed by atoms with Gasteiger partial charge in [-0.3, -0.25) is 0 Å². The van der Waals surface area contributed by atoms with Gasteiger partial charge in [0.15, 0.2) is 0 Å². The molecule has 1 N–H and O–H groups in total. The van der Waals surface area contributed by atoms with Crippen molar-refractivity contribution in [3.05, 3.63) is 22.8 Å². The van der Waals surface area contributed by atoms with Gasteiger partial charge in [-0.1, -0.05) is 11.6 Å². The van der Waals surface area contributed by atoms with E-state index in [1.165, 1.54) is 0 Å². The van der Waals surface area contributed by atoms with Crippen molar-refractivity contribution in [1.29, 1.82) is 5.26 Å². The number of hydrogen-bond donors (Lipinski definition) is 1. The van der Waals surface area contributed by atoms with Crippen molar-refractivity contribution >= 4 is 17.4 Å². The van der Waals surface area contributed by atoms with E-state index in [1.54, 1.807) is 12.1 Å². The number of anilines is 1. The maximum Gasteiger partial charge on any atom is 0.132 e. The first kappa shape index (κ1) is 13.8. The van der Waals surface area contributed by atoms with Crippen LogP contribution in [0, 0.1) is 11.3 Å². The van der Waals surface area contributed by atoms with Gasteiger partial charge < -0.3 is 10.0 Å². The Hall–Kier alpha value is -1.31. The van der Waals surface area contributed by atoms with E-state index in [4.69, 9.17) is 22.0 Å². The number of nitriles is 1. The number of halogens is 1. The SMILES string of the molecule is CN(CCCCCO)c1cc(C#N)cc(Cl)n1. The monoisotopic (exact) mass is 253 g/mol. The number of aliphatic hydroxyl groups is 1. The van der Waals surface area contributed by atoms with Crippen LogP contribution in [0.15, 0.2) is 12.1 Å². The second-order valence-corrected chi connectivity index (χ2v) is 4.24. The lowest BCUT2D eigenvalue weighted by Gasteiger charge is -2.18. The van der Waals surface area contributed by atoms with Crippen LogP contribution in [-0.2, 0) is 0 Å². The topological polar surface area (TPSA) is 60.1 Å². The Morgan fingerprint density at radius 2 is 2.18 bits per heavy atom. The average molecular weight is 254 g/mol. The summed E-state index contributed by atoms with van der Waals surface area (Å²) in [4.78, 5) is 6.13. The molecule has 1 rings (SSSR count). The van der Waals surface area contributed by atoms with Gasteiger partial charge >= 0.3 is 0 Å². The minimum atomic E-state index is 0.234. The zero-order valence-corrected chi connectivity index (χ0v) is 10.6. The number of aromatic nitrogens is 1. The summed E-state index contributed by atoms with van der Waals surface area (Å²) in [5, 5.41) is 17.8. The second kappa shape index (κ2) is 7.10. The molecule has 0 bridgehead atoms. The van der Waals surface area contributed by atoms with E-state index in [2.05, 4.69) is 11.1 Å². The zero-order valence-electron chi connectivity index (χ0n) is 9.86. The van der Waals surface area contributed by atoms with Crippen molar-refractivity contribution in [3.63, 3.8) is 0 Å². The molecule has 17 heavy (non-hydrogen) atoms. The number of unbranched alkanes of at least 4 members (excludes halogenated alkanes) is 2. The van der Waals surface area contributed by atoms with Crippen molar-refractivity contribution in [1.82, 2.24) is 4.98 Å². The Balaban J connectivity index is 2.59. The molecule has 0 saturated carbocycles. The molecule has 0 saturated heterocycles. The summed E-state index contributed by atoms with van der Waals surface area (Å²) in [7, 11) is 1.92. The molecule has 4 nitrogen and oxygen atoms in total. The van der Waals surface area contributed by atoms with Crippen LogP contribution in [0.5, 0.6) is 0 Å². The van der Waals surface area contributed by atoms with Crippen LogP contribution in [0.3, 0.4) is 0 Å². The van der Waals surface area contributed by atoms with E-state index in [0.29, 0.717) is 16.5 Å². The number of pyridine rings is 1. The van der Waals surface area contributed by atoms with Gasteiger partial charge in [0.25, 0.3) is 0 Å². The summed E-state index contributed by atoms with van der Waals surface area (Å²) in [6, 6.07) is 5.32. The van der Waals surface area contributed by atoms with Gasteiger partial charge in [0.1, 0.15) is 11.0 Å². The van der Waals surface area contributed by atoms with Crippen LogP contribution in [0.25, 0.3) is 0 Å². The molecule has 1 aromatic heterocycles. The van der Waals surface area contributed by atoms with Gasteiger partial charge in [-0.05, 0) is 31.4 Å². The molecule has 0 aliphatic heterocycles. The molecular formula is C12H16ClN3O. The van der Waals surface area contributed by atoms with Crippen LogP contribution in [0.4, 0.5) is 5.82 Å². The van der Waals surface area contributed by atoms with E-state index < -0.39 is 0 Å². The maximum atomic E-state index is 8.83. The molecule has 0 spiro atoms. The van der Waals surface area contributed by atoms with Crippen molar-refractivity contribution in [2.24, 2.45) is 0 Å². The van der Waals surface area contributed by atoms with Crippen LogP contribution in [-0.4, -0.2) is 30.3 Å². The fraction of sp³-hybridized carbons (Fsp3) is 0.500. The van der Waals surface area contributed by atoms with E-state index in [1.807, 2.05) is 11.9 Å². The number of aliphatic hydroxyl groups excluding tert-OH is 1. The van der Waals surface area contributed by atoms with Gasteiger partial charge in [0.05, 0.1) is 11.6 Å². The first-order valence-electron chi connectivity index (χ1n) is 5.57. The largest absolute Gasteiger partial charge is 0.396 e. The predicted octanol–water partition coefficient (Wildman–Crippen LogP) is 2.21. The third-order valence-electron chi connectivity index (χ3n) is 2.45. The summed E-state index contributed by atoms with van der Waals surface area (Å²) in [6.07, 6.45) is 2.78. The highest BCUT2D eigenvalue weighted by Gasteiger charge is 2.05. The third kappa shape index (κ3) is 4.59. The Morgan fingerprint density at radius 3 is 2.82 bits per heavy atom. The summed E-state index contributed by atoms with van der Waals surface area (Å²) in [5.41, 5.74) is 0.516. The van der Waals surface area contributed by atoms with Crippen molar-refractivity contribution in [2.75, 3.05) is 25.1 Å². The van der Waals surface area contributed by atoms with E-state index in [0.717, 1.165) is 25.8 Å². The molecule has 5 heteroatoms. The van der Waals surface area contributed by atoms with Gasteiger partial charge in [-0.2, -0.15) is 5.26 Å². The quantitative estimate of drug-likeness (QED) is 0.624. The van der Waals surface area contributed by atoms with Crippen LogP contribution < -0.4 is 4.90 Å². The summed E-state index contributed by atoms with van der Waals surface area (Å²) in [5.74, 6) is 0.707. The number of hydrogen-bond acceptors (Lipinski definition) is 4. The molecule has 0 amide bonds. The normalized spacial score (nSPS) is 10.0. The molecule has 0 radical (unpaired) electrons. The van der Waals surface area contributed by atoms with Gasteiger partial charge in [-0.25, -0.2) is 4.98 Å². The van der Waals surface area contributed by atoms with Gasteiger partial charge in [0, 0.05) is 20.2 Å². The van der Waals surface area contributed by atoms with Crippen molar-refractivity contribution in [2.45, 2.75) is 19.3 Å². The summed E-state index contributed by atoms with van der Waals surface area (Å²) < 4.78 is 0. The molecule has 0 aliphatic carbocycles. The number of nitrogens with zero attached hydrogens (tertiary/aromatic N) is 3. The van der Waals surface area contributed by atoms with Crippen LogP contribution in [0.1, 0.15) is 24.8 Å². The highest BCUT2D eigenvalue weighted by Crippen LogP contribution is 2.17. The lowest BCUT2D eigenvalue weighted by atomic mass is 10.2. The van der Waals surface area contributed by atoms with Crippen LogP contribution >= 0.6 is 11.6 Å². The summed E-state index contributed by atoms with van der Waals surface area (Å²) >= 11 is 5.83. The molecule has 0 aromatic carbocycles. The molecule has 92 valence electrons. The van der Waals surface area contributed by atoms with E-state index in [9.17, 15) is 0 Å². The van der Waals surface area contributed by atoms with Gasteiger partial charge in [0.2, 0.25) is 0 Å². The Labute approximate surface area is 106 Å². The molecular weight excluding hydrogens is 238 g/mol. The first-order valence-corrected chi connectivity index (χ1v) is 5.95. The molecule has 1 aromatic rings. The fourth-order valence-corrected chi connectivity index (χ4v) is 1.70. The molecule has 0 unspecified atom stereocenters. The first-order chi connectivity index (χ1) is 8.17. The molecule has 0 atom stereocenters. The highest BCUT2D eigenvalue weighted by molar-refractivity contribution is 6.29. The lowest BCUT2D eigenvalue weighted by molar-refractivity contribution is 0.283. The molecule has 0 fully saturated rings. The van der Waals surface area contributed by atoms with Crippen molar-refractivity contribution in [3.8, 4) is 6.07 Å². The molecule has 0 aliphatic rings. The van der Waals surface area contributed by atoms with Gasteiger partial charge in [-0.15, -0.1) is 0 Å². The Kier molecular flexibility index (Phi) is 5.75. The van der Waals surface area contributed by atoms with E-state index in [-0.39, 0.29) is 6.61 Å². The van der Waals surface area contributed by atoms with E-state index >= 15 is 0 Å². The van der Waals surface area contributed by atoms with Crippen molar-refractivity contribution < 1.29 is 5.11 Å². The Morgan fingerprint density at radius 1 is 1.41 bits per heavy atom. The minimum Gasteiger partial charge on any atom is -0.396 e. The highest BCUT2D eigenvalue weighted by atomic mass is 35.5. The fourth-order valence-electron chi connectivity index (χ4n) is 1.50. The second-order valence-electron chi connectivity index (χ2n) is 3.85. The maximum absolute atomic E-state index is 8.83. The smallest absolute Gasteiger partial charge is 0.132 e. The summed E-state index contributed by atoms with van der Waals surface area (Å²) in [6.45, 7) is 1.07. The van der Waals surface area contributed by atoms with Crippen LogP contribution in [0.2, 0.25) is 5.15 Å². The Bertz CT molecular complexity index is 403. The standard InChI is InChI=1S/C12H16ClN3O/c1-16(5-3-2-4-6-17)12-8-10(9-14)7-11(13)15-12/h7-8,17H,2-6H2,1H3. The average Bonchev–Trinajstić information content (AvgIpc) is 2.33.